The van der Waals surface area contributed by atoms with Gasteiger partial charge in [-0.1, -0.05) is 19.8 Å². The Labute approximate surface area is 112 Å². The number of carbonyl (C=O) groups excluding carboxylic acids is 1. The lowest BCUT2D eigenvalue weighted by atomic mass is 10.1. The van der Waals surface area contributed by atoms with E-state index in [0.717, 1.165) is 6.42 Å². The van der Waals surface area contributed by atoms with Crippen molar-refractivity contribution in [3.8, 4) is 12.3 Å². The van der Waals surface area contributed by atoms with E-state index in [1.807, 2.05) is 0 Å². The van der Waals surface area contributed by atoms with E-state index in [4.69, 9.17) is 22.0 Å². The highest BCUT2D eigenvalue weighted by Gasteiger charge is 2.50. The molecule has 0 spiro atoms. The lowest BCUT2D eigenvalue weighted by Gasteiger charge is -2.17. The van der Waals surface area contributed by atoms with E-state index in [1.165, 1.54) is 9.80 Å². The minimum atomic E-state index is -0.328. The van der Waals surface area contributed by atoms with Crippen LogP contribution in [0.15, 0.2) is 0 Å². The maximum atomic E-state index is 11.9. The Morgan fingerprint density at radius 1 is 1.63 bits per heavy atom. The first-order valence-electron chi connectivity index (χ1n) is 6.15. The molecule has 0 bridgehead atoms. The molecule has 1 aliphatic carbocycles. The quantitative estimate of drug-likeness (QED) is 0.455. The second kappa shape index (κ2) is 4.57. The minimum Gasteiger partial charge on any atom is -0.460 e. The number of nitrogens with zero attached hydrogens (tertiary/aromatic N) is 2. The second-order valence-corrected chi connectivity index (χ2v) is 5.60. The van der Waals surface area contributed by atoms with Crippen LogP contribution in [0.1, 0.15) is 20.3 Å². The van der Waals surface area contributed by atoms with Gasteiger partial charge in [0.15, 0.2) is 12.6 Å². The van der Waals surface area contributed by atoms with Crippen LogP contribution in [-0.2, 0) is 4.74 Å². The molecule has 2 amide bonds. The molecule has 0 aromatic heterocycles. The number of carbonyl (C=O) groups is 1. The summed E-state index contributed by atoms with van der Waals surface area (Å²) in [5.41, 5.74) is 0.120. The lowest BCUT2D eigenvalue weighted by molar-refractivity contribution is 0.158. The second-order valence-electron chi connectivity index (χ2n) is 5.60. The summed E-state index contributed by atoms with van der Waals surface area (Å²) in [5.74, 6) is 2.86. The van der Waals surface area contributed by atoms with Crippen LogP contribution < -0.4 is 0 Å². The molecule has 2 aliphatic rings. The number of amides is 2. The molecule has 0 aromatic rings. The van der Waals surface area contributed by atoms with Crippen molar-refractivity contribution in [1.82, 2.24) is 9.80 Å². The molecule has 1 aliphatic heterocycles. The number of amidine groups is 1. The van der Waals surface area contributed by atoms with Crippen molar-refractivity contribution in [2.45, 2.75) is 20.3 Å². The van der Waals surface area contributed by atoms with Crippen molar-refractivity contribution < 1.29 is 9.53 Å². The Morgan fingerprint density at radius 3 is 2.79 bits per heavy atom. The first-order chi connectivity index (χ1) is 8.86. The monoisotopic (exact) mass is 262 g/mol. The highest BCUT2D eigenvalue weighted by molar-refractivity contribution is 6.03. The molecule has 2 rings (SSSR count). The topological polar surface area (TPSA) is 80.5 Å². The largest absolute Gasteiger partial charge is 0.460 e. The lowest BCUT2D eigenvalue weighted by Crippen LogP contribution is -2.35. The van der Waals surface area contributed by atoms with Gasteiger partial charge >= 0.3 is 6.03 Å². The zero-order valence-corrected chi connectivity index (χ0v) is 11.2. The Morgan fingerprint density at radius 2 is 2.26 bits per heavy atom. The fourth-order valence-electron chi connectivity index (χ4n) is 2.14. The maximum Gasteiger partial charge on any atom is 0.329 e. The summed E-state index contributed by atoms with van der Waals surface area (Å²) in [4.78, 5) is 14.5. The molecule has 6 nitrogen and oxygen atoms in total. The van der Waals surface area contributed by atoms with Gasteiger partial charge in [-0.2, -0.15) is 0 Å². The van der Waals surface area contributed by atoms with Crippen LogP contribution in [0.25, 0.3) is 0 Å². The van der Waals surface area contributed by atoms with Gasteiger partial charge in [-0.25, -0.2) is 9.69 Å². The van der Waals surface area contributed by atoms with Crippen molar-refractivity contribution in [2.75, 3.05) is 19.8 Å². The fraction of sp³-hybridized carbons (Fsp3) is 0.615. The zero-order valence-electron chi connectivity index (χ0n) is 11.2. The van der Waals surface area contributed by atoms with Gasteiger partial charge in [0, 0.05) is 5.92 Å². The summed E-state index contributed by atoms with van der Waals surface area (Å²) < 4.78 is 5.32. The van der Waals surface area contributed by atoms with Crippen LogP contribution in [0.4, 0.5) is 4.79 Å². The average molecular weight is 262 g/mol. The number of ether oxygens (including phenoxy) is 1. The van der Waals surface area contributed by atoms with Crippen LogP contribution in [0.5, 0.6) is 0 Å². The molecule has 0 aromatic carbocycles. The predicted molar refractivity (Wildman–Crippen MR) is 70.9 cm³/mol. The van der Waals surface area contributed by atoms with Crippen LogP contribution in [-0.4, -0.2) is 47.4 Å². The van der Waals surface area contributed by atoms with Gasteiger partial charge < -0.3 is 9.64 Å². The molecule has 1 saturated carbocycles. The third-order valence-electron chi connectivity index (χ3n) is 3.63. The Kier molecular flexibility index (Phi) is 3.23. The molecule has 1 saturated heterocycles. The summed E-state index contributed by atoms with van der Waals surface area (Å²) >= 11 is 0. The van der Waals surface area contributed by atoms with Crippen molar-refractivity contribution in [3.05, 3.63) is 0 Å². The van der Waals surface area contributed by atoms with E-state index in [2.05, 4.69) is 19.8 Å². The van der Waals surface area contributed by atoms with Crippen molar-refractivity contribution in [3.63, 3.8) is 0 Å². The van der Waals surface area contributed by atoms with Gasteiger partial charge in [-0.15, -0.1) is 6.42 Å². The van der Waals surface area contributed by atoms with Crippen LogP contribution in [0.3, 0.4) is 0 Å². The first-order valence-corrected chi connectivity index (χ1v) is 6.15. The minimum absolute atomic E-state index is 0.0792. The molecule has 2 N–H and O–H groups in total. The van der Waals surface area contributed by atoms with Gasteiger partial charge in [0.25, 0.3) is 0 Å². The van der Waals surface area contributed by atoms with E-state index in [9.17, 15) is 4.79 Å². The first kappa shape index (κ1) is 13.4. The molecule has 1 atom stereocenters. The van der Waals surface area contributed by atoms with Crippen molar-refractivity contribution >= 4 is 17.8 Å². The SMILES string of the molecule is C#CCN1CC(=N)N(COC(=N)[C@@H]2CC2(C)C)C1=O. The van der Waals surface area contributed by atoms with Gasteiger partial charge in [-0.05, 0) is 11.8 Å². The van der Waals surface area contributed by atoms with E-state index in [0.29, 0.717) is 0 Å². The van der Waals surface area contributed by atoms with E-state index < -0.39 is 0 Å². The summed E-state index contributed by atoms with van der Waals surface area (Å²) in [5, 5.41) is 15.5. The number of rotatable bonds is 4. The summed E-state index contributed by atoms with van der Waals surface area (Å²) in [6, 6.07) is -0.328. The molecule has 0 unspecified atom stereocenters. The van der Waals surface area contributed by atoms with Crippen LogP contribution in [0, 0.1) is 34.5 Å². The van der Waals surface area contributed by atoms with E-state index in [1.54, 1.807) is 0 Å². The van der Waals surface area contributed by atoms with Crippen LogP contribution >= 0.6 is 0 Å². The fourth-order valence-corrected chi connectivity index (χ4v) is 2.14. The Balaban J connectivity index is 1.87. The normalized spacial score (nSPS) is 24.4. The Bertz CT molecular complexity index is 478. The standard InChI is InChI=1S/C13H18N4O2/c1-4-5-16-7-10(14)17(12(16)18)8-19-11(15)9-6-13(9,2)3/h1,9,14-15H,5-8H2,2-3H3/t9-/m0/s1. The third-order valence-corrected chi connectivity index (χ3v) is 3.63. The van der Waals surface area contributed by atoms with Gasteiger partial charge in [-0.3, -0.25) is 10.8 Å². The average Bonchev–Trinajstić information content (AvgIpc) is 2.89. The predicted octanol–water partition coefficient (Wildman–Crippen LogP) is 1.33. The number of hydrogen-bond acceptors (Lipinski definition) is 4. The summed E-state index contributed by atoms with van der Waals surface area (Å²) in [6.07, 6.45) is 6.09. The van der Waals surface area contributed by atoms with Crippen molar-refractivity contribution in [2.24, 2.45) is 11.3 Å². The van der Waals surface area contributed by atoms with E-state index >= 15 is 0 Å². The van der Waals surface area contributed by atoms with Gasteiger partial charge in [0.1, 0.15) is 5.84 Å². The van der Waals surface area contributed by atoms with Crippen molar-refractivity contribution in [1.29, 1.82) is 10.8 Å². The van der Waals surface area contributed by atoms with Gasteiger partial charge in [0.05, 0.1) is 13.1 Å². The number of nitrogens with one attached hydrogen (secondary N) is 2. The zero-order chi connectivity index (χ0) is 14.2. The molecule has 6 heteroatoms. The van der Waals surface area contributed by atoms with E-state index in [-0.39, 0.29) is 48.9 Å². The maximum absolute atomic E-state index is 11.9. The summed E-state index contributed by atoms with van der Waals surface area (Å²) in [6.45, 7) is 4.46. The number of hydrogen-bond donors (Lipinski definition) is 2. The molecule has 2 fully saturated rings. The van der Waals surface area contributed by atoms with Gasteiger partial charge in [0.2, 0.25) is 0 Å². The molecular weight excluding hydrogens is 244 g/mol. The number of terminal acetylenes is 1. The Hall–Kier alpha value is -2.03. The number of urea groups is 1. The molecule has 0 radical (unpaired) electrons. The van der Waals surface area contributed by atoms with Crippen LogP contribution in [0.2, 0.25) is 0 Å². The smallest absolute Gasteiger partial charge is 0.329 e. The molecule has 19 heavy (non-hydrogen) atoms. The highest BCUT2D eigenvalue weighted by atomic mass is 16.5. The molecule has 1 heterocycles. The molecule has 102 valence electrons. The molecular formula is C13H18N4O2. The third kappa shape index (κ3) is 2.55. The summed E-state index contributed by atoms with van der Waals surface area (Å²) in [7, 11) is 0. The highest BCUT2D eigenvalue weighted by Crippen LogP contribution is 2.52.